The van der Waals surface area contributed by atoms with E-state index >= 15 is 0 Å². The van der Waals surface area contributed by atoms with Gasteiger partial charge in [-0.3, -0.25) is 0 Å². The molecule has 0 fully saturated rings. The number of rotatable bonds is 6. The van der Waals surface area contributed by atoms with Gasteiger partial charge in [-0.25, -0.2) is 9.97 Å². The van der Waals surface area contributed by atoms with Crippen molar-refractivity contribution in [1.29, 1.82) is 0 Å². The molecule has 1 N–H and O–H groups in total. The number of hydrogen-bond donors (Lipinski definition) is 1. The number of likely N-dealkylation sites (N-methyl/N-ethyl adjacent to an activating group) is 1. The van der Waals surface area contributed by atoms with Crippen LogP contribution >= 0.6 is 11.3 Å². The lowest BCUT2D eigenvalue weighted by molar-refractivity contribution is 0.395. The maximum Gasteiger partial charge on any atom is 0.216 e. The lowest BCUT2D eigenvalue weighted by atomic mass is 10.1. The molecule has 4 nitrogen and oxygen atoms in total. The Labute approximate surface area is 129 Å². The van der Waals surface area contributed by atoms with Crippen molar-refractivity contribution in [2.45, 2.75) is 38.6 Å². The molecule has 0 aromatic carbocycles. The van der Waals surface area contributed by atoms with Gasteiger partial charge in [-0.1, -0.05) is 6.92 Å². The molecule has 1 aliphatic carbocycles. The van der Waals surface area contributed by atoms with E-state index in [4.69, 9.17) is 4.74 Å². The minimum absolute atomic E-state index is 0.324. The first-order valence-corrected chi connectivity index (χ1v) is 8.31. The summed E-state index contributed by atoms with van der Waals surface area (Å²) in [4.78, 5) is 11.5. The van der Waals surface area contributed by atoms with Crippen molar-refractivity contribution in [3.05, 3.63) is 39.5 Å². The summed E-state index contributed by atoms with van der Waals surface area (Å²) < 4.78 is 5.18. The monoisotopic (exact) mass is 303 g/mol. The quantitative estimate of drug-likeness (QED) is 0.891. The van der Waals surface area contributed by atoms with Crippen LogP contribution in [0.5, 0.6) is 5.88 Å². The van der Waals surface area contributed by atoms with Crippen molar-refractivity contribution in [3.63, 3.8) is 0 Å². The van der Waals surface area contributed by atoms with Gasteiger partial charge in [-0.2, -0.15) is 0 Å². The Morgan fingerprint density at radius 2 is 2.24 bits per heavy atom. The molecule has 0 amide bonds. The van der Waals surface area contributed by atoms with E-state index in [2.05, 4.69) is 28.3 Å². The van der Waals surface area contributed by atoms with Crippen LogP contribution in [0.15, 0.2) is 18.5 Å². The summed E-state index contributed by atoms with van der Waals surface area (Å²) in [5.74, 6) is 0.629. The Balaban J connectivity index is 1.80. The van der Waals surface area contributed by atoms with E-state index in [0.29, 0.717) is 11.9 Å². The molecule has 0 bridgehead atoms. The molecule has 1 atom stereocenters. The summed E-state index contributed by atoms with van der Waals surface area (Å²) in [7, 11) is 1.64. The van der Waals surface area contributed by atoms with Crippen LogP contribution in [0.2, 0.25) is 0 Å². The number of hydrogen-bond acceptors (Lipinski definition) is 5. The second kappa shape index (κ2) is 6.54. The number of thiophene rings is 1. The van der Waals surface area contributed by atoms with E-state index in [0.717, 1.165) is 18.7 Å². The van der Waals surface area contributed by atoms with Crippen molar-refractivity contribution in [1.82, 2.24) is 15.3 Å². The van der Waals surface area contributed by atoms with Gasteiger partial charge in [0.1, 0.15) is 6.33 Å². The summed E-state index contributed by atoms with van der Waals surface area (Å²) in [6, 6.07) is 4.63. The van der Waals surface area contributed by atoms with Gasteiger partial charge in [0, 0.05) is 34.0 Å². The number of fused-ring (bicyclic) bond motifs is 1. The fraction of sp³-hybridized carbons (Fsp3) is 0.500. The Morgan fingerprint density at radius 1 is 1.33 bits per heavy atom. The van der Waals surface area contributed by atoms with Crippen molar-refractivity contribution >= 4 is 11.3 Å². The Bertz CT molecular complexity index is 590. The lowest BCUT2D eigenvalue weighted by Gasteiger charge is -2.16. The molecule has 112 valence electrons. The maximum absolute atomic E-state index is 5.18. The van der Waals surface area contributed by atoms with Gasteiger partial charge in [0.15, 0.2) is 0 Å². The zero-order chi connectivity index (χ0) is 14.7. The largest absolute Gasteiger partial charge is 0.481 e. The summed E-state index contributed by atoms with van der Waals surface area (Å²) in [6.07, 6.45) is 6.25. The molecule has 0 spiro atoms. The number of aryl methyl sites for hydroxylation is 2. The summed E-state index contributed by atoms with van der Waals surface area (Å²) in [5.41, 5.74) is 2.57. The highest BCUT2D eigenvalue weighted by Gasteiger charge is 2.20. The Kier molecular flexibility index (Phi) is 4.51. The third-order valence-electron chi connectivity index (χ3n) is 3.88. The van der Waals surface area contributed by atoms with Gasteiger partial charge in [0.2, 0.25) is 5.88 Å². The van der Waals surface area contributed by atoms with Crippen molar-refractivity contribution < 1.29 is 4.74 Å². The zero-order valence-electron chi connectivity index (χ0n) is 12.6. The molecule has 2 aromatic rings. The van der Waals surface area contributed by atoms with Gasteiger partial charge in [-0.15, -0.1) is 11.3 Å². The molecule has 3 rings (SSSR count). The number of nitrogens with one attached hydrogen (secondary N) is 1. The van der Waals surface area contributed by atoms with Gasteiger partial charge in [0.05, 0.1) is 7.11 Å². The third-order valence-corrected chi connectivity index (χ3v) is 5.23. The Hall–Kier alpha value is -1.46. The minimum Gasteiger partial charge on any atom is -0.481 e. The fourth-order valence-electron chi connectivity index (χ4n) is 2.85. The average molecular weight is 303 g/mol. The minimum atomic E-state index is 0.324. The smallest absolute Gasteiger partial charge is 0.216 e. The second-order valence-electron chi connectivity index (χ2n) is 5.32. The normalized spacial score (nSPS) is 15.0. The molecule has 0 saturated carbocycles. The van der Waals surface area contributed by atoms with Gasteiger partial charge in [0.25, 0.3) is 0 Å². The molecular formula is C16H21N3OS. The Morgan fingerprint density at radius 3 is 3.00 bits per heavy atom. The maximum atomic E-state index is 5.18. The highest BCUT2D eigenvalue weighted by molar-refractivity contribution is 7.12. The molecule has 2 heterocycles. The summed E-state index contributed by atoms with van der Waals surface area (Å²) in [6.45, 7) is 3.10. The lowest BCUT2D eigenvalue weighted by Crippen LogP contribution is -2.22. The van der Waals surface area contributed by atoms with Crippen LogP contribution in [0, 0.1) is 0 Å². The number of aromatic nitrogens is 2. The molecule has 1 aliphatic rings. The standard InChI is InChI=1S/C16H21N3OS/c1-3-17-13(8-12-9-16(20-2)19-10-18-12)15-7-11-5-4-6-14(11)21-15/h7,9-10,13,17H,3-6,8H2,1-2H3. The molecule has 1 unspecified atom stereocenters. The first kappa shape index (κ1) is 14.5. The fourth-order valence-corrected chi connectivity index (χ4v) is 4.19. The van der Waals surface area contributed by atoms with E-state index in [9.17, 15) is 0 Å². The van der Waals surface area contributed by atoms with Gasteiger partial charge in [-0.05, 0) is 37.4 Å². The van der Waals surface area contributed by atoms with E-state index in [1.807, 2.05) is 17.4 Å². The molecule has 0 aliphatic heterocycles. The van der Waals surface area contributed by atoms with Crippen molar-refractivity contribution in [2.75, 3.05) is 13.7 Å². The SMILES string of the molecule is CCNC(Cc1cc(OC)ncn1)c1cc2c(s1)CCC2. The molecule has 0 saturated heterocycles. The first-order valence-electron chi connectivity index (χ1n) is 7.50. The average Bonchev–Trinajstić information content (AvgIpc) is 3.08. The topological polar surface area (TPSA) is 47.0 Å². The molecule has 5 heteroatoms. The zero-order valence-corrected chi connectivity index (χ0v) is 13.4. The van der Waals surface area contributed by atoms with Crippen LogP contribution in [0.3, 0.4) is 0 Å². The summed E-state index contributed by atoms with van der Waals surface area (Å²) in [5, 5.41) is 3.58. The third kappa shape index (κ3) is 3.24. The van der Waals surface area contributed by atoms with Crippen LogP contribution in [-0.2, 0) is 19.3 Å². The molecule has 21 heavy (non-hydrogen) atoms. The first-order chi connectivity index (χ1) is 10.3. The van der Waals surface area contributed by atoms with E-state index in [1.165, 1.54) is 24.1 Å². The van der Waals surface area contributed by atoms with Crippen LogP contribution in [-0.4, -0.2) is 23.6 Å². The van der Waals surface area contributed by atoms with Crippen LogP contribution in [0.25, 0.3) is 0 Å². The second-order valence-corrected chi connectivity index (χ2v) is 6.49. The van der Waals surface area contributed by atoms with Gasteiger partial charge < -0.3 is 10.1 Å². The predicted octanol–water partition coefficient (Wildman–Crippen LogP) is 2.93. The highest BCUT2D eigenvalue weighted by atomic mass is 32.1. The van der Waals surface area contributed by atoms with Crippen molar-refractivity contribution in [2.24, 2.45) is 0 Å². The predicted molar refractivity (Wildman–Crippen MR) is 85.0 cm³/mol. The molecule has 2 aromatic heterocycles. The van der Waals surface area contributed by atoms with Crippen molar-refractivity contribution in [3.8, 4) is 5.88 Å². The van der Waals surface area contributed by atoms with E-state index in [-0.39, 0.29) is 0 Å². The number of nitrogens with zero attached hydrogens (tertiary/aromatic N) is 2. The van der Waals surface area contributed by atoms with E-state index < -0.39 is 0 Å². The van der Waals surface area contributed by atoms with Gasteiger partial charge >= 0.3 is 0 Å². The van der Waals surface area contributed by atoms with Crippen LogP contribution in [0.4, 0.5) is 0 Å². The molecule has 0 radical (unpaired) electrons. The van der Waals surface area contributed by atoms with Crippen LogP contribution in [0.1, 0.15) is 40.4 Å². The highest BCUT2D eigenvalue weighted by Crippen LogP contribution is 2.34. The number of ether oxygens (including phenoxy) is 1. The molecular weight excluding hydrogens is 282 g/mol. The number of methoxy groups -OCH3 is 1. The summed E-state index contributed by atoms with van der Waals surface area (Å²) >= 11 is 1.96. The van der Waals surface area contributed by atoms with E-state index in [1.54, 1.807) is 23.9 Å². The van der Waals surface area contributed by atoms with Crippen LogP contribution < -0.4 is 10.1 Å².